The predicted octanol–water partition coefficient (Wildman–Crippen LogP) is 4.12. The maximum Gasteiger partial charge on any atom is 0.260 e. The third-order valence-corrected chi connectivity index (χ3v) is 6.23. The summed E-state index contributed by atoms with van der Waals surface area (Å²) >= 11 is 12.5. The van der Waals surface area contributed by atoms with E-state index < -0.39 is 11.8 Å². The Morgan fingerprint density at radius 3 is 2.57 bits per heavy atom. The van der Waals surface area contributed by atoms with Gasteiger partial charge in [-0.05, 0) is 35.9 Å². The lowest BCUT2D eigenvalue weighted by Crippen LogP contribution is -2.35. The Bertz CT molecular complexity index is 1410. The van der Waals surface area contributed by atoms with Crippen LogP contribution in [0.2, 0.25) is 5.02 Å². The SMILES string of the molecule is O=C(NCC(C1=NC(=O)C2C=CC(Cl)=CC2=N1)c1ccccc1)c1ccc(-n2cnnc2)cc1Cl. The van der Waals surface area contributed by atoms with Crippen molar-refractivity contribution in [2.45, 2.75) is 5.92 Å². The first-order chi connectivity index (χ1) is 17.0. The summed E-state index contributed by atoms with van der Waals surface area (Å²) in [7, 11) is 0. The molecule has 0 radical (unpaired) electrons. The van der Waals surface area contributed by atoms with Gasteiger partial charge in [-0.2, -0.15) is 4.99 Å². The lowest BCUT2D eigenvalue weighted by molar-refractivity contribution is -0.118. The summed E-state index contributed by atoms with van der Waals surface area (Å²) in [6.07, 6.45) is 8.10. The molecule has 1 N–H and O–H groups in total. The molecule has 0 saturated heterocycles. The van der Waals surface area contributed by atoms with Gasteiger partial charge in [0.25, 0.3) is 11.8 Å². The second kappa shape index (κ2) is 9.77. The van der Waals surface area contributed by atoms with Crippen molar-refractivity contribution < 1.29 is 9.59 Å². The fourth-order valence-electron chi connectivity index (χ4n) is 3.89. The number of rotatable bonds is 6. The molecule has 8 nitrogen and oxygen atoms in total. The molecule has 0 saturated carbocycles. The maximum atomic E-state index is 13.0. The van der Waals surface area contributed by atoms with E-state index in [1.54, 1.807) is 53.6 Å². The molecule has 3 aromatic rings. The molecule has 2 amide bonds. The Morgan fingerprint density at radius 2 is 1.83 bits per heavy atom. The van der Waals surface area contributed by atoms with Crippen molar-refractivity contribution in [3.05, 3.63) is 101 Å². The first-order valence-corrected chi connectivity index (χ1v) is 11.5. The van der Waals surface area contributed by atoms with Gasteiger partial charge in [0.1, 0.15) is 24.4 Å². The van der Waals surface area contributed by atoms with Gasteiger partial charge in [-0.25, -0.2) is 4.99 Å². The molecule has 5 rings (SSSR count). The summed E-state index contributed by atoms with van der Waals surface area (Å²) in [5, 5.41) is 11.2. The molecule has 1 aliphatic heterocycles. The summed E-state index contributed by atoms with van der Waals surface area (Å²) in [4.78, 5) is 34.6. The van der Waals surface area contributed by atoms with E-state index in [0.29, 0.717) is 22.1 Å². The van der Waals surface area contributed by atoms with Crippen molar-refractivity contribution in [3.8, 4) is 5.69 Å². The van der Waals surface area contributed by atoms with Gasteiger partial charge in [0.05, 0.1) is 22.2 Å². The van der Waals surface area contributed by atoms with Crippen LogP contribution >= 0.6 is 23.2 Å². The monoisotopic (exact) mass is 504 g/mol. The zero-order chi connectivity index (χ0) is 24.4. The number of amidine groups is 1. The number of hydrogen-bond acceptors (Lipinski definition) is 5. The van der Waals surface area contributed by atoms with Gasteiger partial charge >= 0.3 is 0 Å². The van der Waals surface area contributed by atoms with Crippen LogP contribution in [0, 0.1) is 5.92 Å². The number of aliphatic imine (C=N–C) groups is 2. The van der Waals surface area contributed by atoms with Crippen molar-refractivity contribution in [2.75, 3.05) is 6.54 Å². The largest absolute Gasteiger partial charge is 0.351 e. The van der Waals surface area contributed by atoms with Crippen molar-refractivity contribution in [3.63, 3.8) is 0 Å². The van der Waals surface area contributed by atoms with Crippen molar-refractivity contribution in [1.29, 1.82) is 0 Å². The molecule has 2 aliphatic rings. The second-order valence-electron chi connectivity index (χ2n) is 7.92. The quantitative estimate of drug-likeness (QED) is 0.545. The summed E-state index contributed by atoms with van der Waals surface area (Å²) < 4.78 is 1.69. The highest BCUT2D eigenvalue weighted by Crippen LogP contribution is 2.27. The number of nitrogens with zero attached hydrogens (tertiary/aromatic N) is 5. The Hall–Kier alpha value is -3.88. The average Bonchev–Trinajstić information content (AvgIpc) is 3.39. The molecular formula is C25H18Cl2N6O2. The lowest BCUT2D eigenvalue weighted by Gasteiger charge is -2.24. The van der Waals surface area contributed by atoms with E-state index in [0.717, 1.165) is 11.3 Å². The Kier molecular flexibility index (Phi) is 6.39. The summed E-state index contributed by atoms with van der Waals surface area (Å²) in [6, 6.07) is 14.5. The van der Waals surface area contributed by atoms with Crippen LogP contribution in [0.3, 0.4) is 0 Å². The van der Waals surface area contributed by atoms with Crippen LogP contribution in [0.1, 0.15) is 21.8 Å². The van der Waals surface area contributed by atoms with Gasteiger partial charge in [0.15, 0.2) is 0 Å². The van der Waals surface area contributed by atoms with Crippen LogP contribution in [0.25, 0.3) is 5.69 Å². The zero-order valence-electron chi connectivity index (χ0n) is 18.2. The first-order valence-electron chi connectivity index (χ1n) is 10.7. The zero-order valence-corrected chi connectivity index (χ0v) is 19.7. The minimum atomic E-state index is -0.546. The van der Waals surface area contributed by atoms with Crippen LogP contribution < -0.4 is 5.32 Å². The molecule has 0 bridgehead atoms. The Balaban J connectivity index is 1.39. The number of fused-ring (bicyclic) bond motifs is 1. The predicted molar refractivity (Wildman–Crippen MR) is 134 cm³/mol. The maximum absolute atomic E-state index is 13.0. The molecule has 2 atom stereocenters. The van der Waals surface area contributed by atoms with E-state index >= 15 is 0 Å². The highest BCUT2D eigenvalue weighted by molar-refractivity contribution is 6.35. The molecule has 2 unspecified atom stereocenters. The minimum Gasteiger partial charge on any atom is -0.351 e. The highest BCUT2D eigenvalue weighted by Gasteiger charge is 2.31. The summed E-state index contributed by atoms with van der Waals surface area (Å²) in [5.41, 5.74) is 2.44. The first kappa shape index (κ1) is 22.9. The normalized spacial score (nSPS) is 17.7. The van der Waals surface area contributed by atoms with Gasteiger partial charge in [0.2, 0.25) is 0 Å². The topological polar surface area (TPSA) is 102 Å². The number of halogens is 2. The highest BCUT2D eigenvalue weighted by atomic mass is 35.5. The fourth-order valence-corrected chi connectivity index (χ4v) is 4.33. The molecule has 0 spiro atoms. The number of allylic oxidation sites excluding steroid dienone is 3. The van der Waals surface area contributed by atoms with Crippen molar-refractivity contribution in [2.24, 2.45) is 15.9 Å². The van der Waals surface area contributed by atoms with E-state index in [-0.39, 0.29) is 23.4 Å². The van der Waals surface area contributed by atoms with Gasteiger partial charge in [0, 0.05) is 17.3 Å². The van der Waals surface area contributed by atoms with Crippen LogP contribution in [-0.4, -0.2) is 44.7 Å². The summed E-state index contributed by atoms with van der Waals surface area (Å²) in [5.74, 6) is -1.36. The Labute approximate surface area is 210 Å². The average molecular weight is 505 g/mol. The third kappa shape index (κ3) is 4.84. The summed E-state index contributed by atoms with van der Waals surface area (Å²) in [6.45, 7) is 0.160. The van der Waals surface area contributed by atoms with Crippen LogP contribution in [-0.2, 0) is 4.79 Å². The van der Waals surface area contributed by atoms with Crippen LogP contribution in [0.15, 0.2) is 94.4 Å². The second-order valence-corrected chi connectivity index (χ2v) is 8.76. The standard InChI is InChI=1S/C25H18Cl2N6O2/c26-16-6-8-19-22(10-16)31-23(32-25(19)35)20(15-4-2-1-3-5-15)12-28-24(34)18-9-7-17(11-21(18)27)33-13-29-30-14-33/h1-11,13-14,19-20H,12H2,(H,28,34). The molecule has 10 heteroatoms. The molecule has 1 aliphatic carbocycles. The molecule has 0 fully saturated rings. The third-order valence-electron chi connectivity index (χ3n) is 5.68. The fraction of sp³-hybridized carbons (Fsp3) is 0.120. The lowest BCUT2D eigenvalue weighted by atomic mass is 9.93. The number of amides is 2. The molecule has 35 heavy (non-hydrogen) atoms. The van der Waals surface area contributed by atoms with Gasteiger partial charge < -0.3 is 5.32 Å². The van der Waals surface area contributed by atoms with Crippen LogP contribution in [0.4, 0.5) is 0 Å². The molecule has 2 heterocycles. The van der Waals surface area contributed by atoms with Gasteiger partial charge in [-0.1, -0.05) is 59.6 Å². The van der Waals surface area contributed by atoms with Gasteiger partial charge in [-0.3, -0.25) is 14.2 Å². The van der Waals surface area contributed by atoms with E-state index in [1.165, 1.54) is 0 Å². The van der Waals surface area contributed by atoms with Crippen molar-refractivity contribution >= 4 is 46.6 Å². The number of carbonyl (C=O) groups excluding carboxylic acids is 2. The van der Waals surface area contributed by atoms with E-state index in [4.69, 9.17) is 23.2 Å². The number of carbonyl (C=O) groups is 2. The number of benzene rings is 2. The number of hydrogen-bond donors (Lipinski definition) is 1. The number of nitrogens with one attached hydrogen (secondary N) is 1. The van der Waals surface area contributed by atoms with E-state index in [9.17, 15) is 9.59 Å². The minimum absolute atomic E-state index is 0.160. The van der Waals surface area contributed by atoms with Crippen LogP contribution in [0.5, 0.6) is 0 Å². The number of aromatic nitrogens is 3. The van der Waals surface area contributed by atoms with Crippen molar-refractivity contribution in [1.82, 2.24) is 20.1 Å². The van der Waals surface area contributed by atoms with E-state index in [2.05, 4.69) is 25.5 Å². The molecule has 2 aromatic carbocycles. The smallest absolute Gasteiger partial charge is 0.260 e. The van der Waals surface area contributed by atoms with E-state index in [1.807, 2.05) is 30.3 Å². The molecule has 174 valence electrons. The molecule has 1 aromatic heterocycles. The van der Waals surface area contributed by atoms with Gasteiger partial charge in [-0.15, -0.1) is 10.2 Å². The molecular weight excluding hydrogens is 487 g/mol. The Morgan fingerprint density at radius 1 is 1.06 bits per heavy atom.